The van der Waals surface area contributed by atoms with Crippen molar-refractivity contribution in [2.45, 2.75) is 19.1 Å². The minimum atomic E-state index is -0.588. The Morgan fingerprint density at radius 2 is 2.10 bits per heavy atom. The van der Waals surface area contributed by atoms with E-state index in [1.165, 1.54) is 0 Å². The predicted octanol–water partition coefficient (Wildman–Crippen LogP) is 2.02. The van der Waals surface area contributed by atoms with E-state index in [1.807, 2.05) is 31.2 Å². The highest BCUT2D eigenvalue weighted by Crippen LogP contribution is 2.30. The fourth-order valence-corrected chi connectivity index (χ4v) is 2.95. The number of nitrogens with zero attached hydrogens (tertiary/aromatic N) is 2. The Hall–Kier alpha value is -1.36. The molecule has 108 valence electrons. The van der Waals surface area contributed by atoms with Gasteiger partial charge in [-0.2, -0.15) is 0 Å². The minimum absolute atomic E-state index is 0.0784. The summed E-state index contributed by atoms with van der Waals surface area (Å²) in [5.41, 5.74) is 1.99. The SMILES string of the molecule is Cc1cccc2cc(C(O)C3CN(C)CCN3C)oc12. The van der Waals surface area contributed by atoms with Crippen LogP contribution in [0.15, 0.2) is 28.7 Å². The number of furan rings is 1. The number of hydrogen-bond donors (Lipinski definition) is 1. The molecule has 4 heteroatoms. The number of aryl methyl sites for hydroxylation is 1. The first-order valence-corrected chi connectivity index (χ1v) is 7.12. The molecule has 2 unspecified atom stereocenters. The summed E-state index contributed by atoms with van der Waals surface area (Å²) in [5.74, 6) is 0.668. The number of aliphatic hydroxyl groups excluding tert-OH is 1. The third-order valence-corrected chi connectivity index (χ3v) is 4.32. The molecule has 2 aromatic rings. The highest BCUT2D eigenvalue weighted by atomic mass is 16.4. The summed E-state index contributed by atoms with van der Waals surface area (Å²) in [6, 6.07) is 8.12. The van der Waals surface area contributed by atoms with E-state index in [4.69, 9.17) is 4.42 Å². The van der Waals surface area contributed by atoms with Crippen LogP contribution >= 0.6 is 0 Å². The number of rotatable bonds is 2. The van der Waals surface area contributed by atoms with Crippen molar-refractivity contribution in [2.75, 3.05) is 33.7 Å². The topological polar surface area (TPSA) is 39.9 Å². The molecule has 1 saturated heterocycles. The monoisotopic (exact) mass is 274 g/mol. The smallest absolute Gasteiger partial charge is 0.137 e. The van der Waals surface area contributed by atoms with Crippen LogP contribution in [-0.2, 0) is 0 Å². The summed E-state index contributed by atoms with van der Waals surface area (Å²) in [7, 11) is 4.16. The maximum Gasteiger partial charge on any atom is 0.137 e. The molecule has 1 aliphatic rings. The zero-order valence-corrected chi connectivity index (χ0v) is 12.3. The second-order valence-corrected chi connectivity index (χ2v) is 5.90. The van der Waals surface area contributed by atoms with Crippen molar-refractivity contribution in [3.8, 4) is 0 Å². The Bertz CT molecular complexity index is 608. The molecular formula is C16H22N2O2. The number of piperazine rings is 1. The van der Waals surface area contributed by atoms with E-state index in [0.717, 1.165) is 36.2 Å². The molecule has 1 N–H and O–H groups in total. The lowest BCUT2D eigenvalue weighted by atomic mass is 10.0. The molecule has 1 fully saturated rings. The van der Waals surface area contributed by atoms with Gasteiger partial charge in [0.25, 0.3) is 0 Å². The molecule has 0 spiro atoms. The van der Waals surface area contributed by atoms with Crippen LogP contribution in [0.5, 0.6) is 0 Å². The number of fused-ring (bicyclic) bond motifs is 1. The molecule has 1 aromatic heterocycles. The Morgan fingerprint density at radius 3 is 2.85 bits per heavy atom. The van der Waals surface area contributed by atoms with E-state index in [2.05, 4.69) is 23.9 Å². The Labute approximate surface area is 119 Å². The van der Waals surface area contributed by atoms with E-state index in [-0.39, 0.29) is 6.04 Å². The van der Waals surface area contributed by atoms with Gasteiger partial charge in [0.05, 0.1) is 6.04 Å². The standard InChI is InChI=1S/C16H22N2O2/c1-11-5-4-6-12-9-14(20-16(11)12)15(19)13-10-17(2)7-8-18(13)3/h4-6,9,13,15,19H,7-8,10H2,1-3H3. The molecule has 0 radical (unpaired) electrons. The normalized spacial score (nSPS) is 23.3. The number of hydrogen-bond acceptors (Lipinski definition) is 4. The van der Waals surface area contributed by atoms with Crippen molar-refractivity contribution in [3.05, 3.63) is 35.6 Å². The number of benzene rings is 1. The van der Waals surface area contributed by atoms with Crippen molar-refractivity contribution in [1.82, 2.24) is 9.80 Å². The molecule has 1 aromatic carbocycles. The van der Waals surface area contributed by atoms with Crippen molar-refractivity contribution in [2.24, 2.45) is 0 Å². The summed E-state index contributed by atoms with van der Waals surface area (Å²) in [4.78, 5) is 4.46. The predicted molar refractivity (Wildman–Crippen MR) is 79.8 cm³/mol. The number of likely N-dealkylation sites (N-methyl/N-ethyl adjacent to an activating group) is 2. The number of para-hydroxylation sites is 1. The average Bonchev–Trinajstić information content (AvgIpc) is 2.86. The van der Waals surface area contributed by atoms with Gasteiger partial charge in [-0.3, -0.25) is 4.90 Å². The van der Waals surface area contributed by atoms with Crippen molar-refractivity contribution in [3.63, 3.8) is 0 Å². The molecule has 2 heterocycles. The minimum Gasteiger partial charge on any atom is -0.458 e. The summed E-state index contributed by atoms with van der Waals surface area (Å²) >= 11 is 0. The average molecular weight is 274 g/mol. The van der Waals surface area contributed by atoms with Crippen molar-refractivity contribution in [1.29, 1.82) is 0 Å². The van der Waals surface area contributed by atoms with E-state index < -0.39 is 6.10 Å². The summed E-state index contributed by atoms with van der Waals surface area (Å²) in [6.07, 6.45) is -0.588. The molecule has 0 bridgehead atoms. The molecule has 1 aliphatic heterocycles. The van der Waals surface area contributed by atoms with Crippen molar-refractivity contribution >= 4 is 11.0 Å². The van der Waals surface area contributed by atoms with Crippen LogP contribution in [-0.4, -0.2) is 54.7 Å². The van der Waals surface area contributed by atoms with Gasteiger partial charge < -0.3 is 14.4 Å². The van der Waals surface area contributed by atoms with Crippen LogP contribution in [0.3, 0.4) is 0 Å². The summed E-state index contributed by atoms with van der Waals surface area (Å²) in [6.45, 7) is 4.90. The van der Waals surface area contributed by atoms with Crippen LogP contribution in [0.25, 0.3) is 11.0 Å². The van der Waals surface area contributed by atoms with Gasteiger partial charge in [0, 0.05) is 25.0 Å². The largest absolute Gasteiger partial charge is 0.458 e. The molecule has 0 aliphatic carbocycles. The number of aliphatic hydroxyl groups is 1. The summed E-state index contributed by atoms with van der Waals surface area (Å²) in [5, 5.41) is 11.7. The highest BCUT2D eigenvalue weighted by Gasteiger charge is 2.31. The van der Waals surface area contributed by atoms with Gasteiger partial charge in [-0.25, -0.2) is 0 Å². The second-order valence-electron chi connectivity index (χ2n) is 5.90. The zero-order valence-electron chi connectivity index (χ0n) is 12.3. The van der Waals surface area contributed by atoms with Gasteiger partial charge in [0.2, 0.25) is 0 Å². The lowest BCUT2D eigenvalue weighted by Gasteiger charge is -2.39. The zero-order chi connectivity index (χ0) is 14.3. The molecule has 3 rings (SSSR count). The molecule has 20 heavy (non-hydrogen) atoms. The van der Waals surface area contributed by atoms with Gasteiger partial charge in [-0.15, -0.1) is 0 Å². The fourth-order valence-electron chi connectivity index (χ4n) is 2.95. The molecule has 4 nitrogen and oxygen atoms in total. The van der Waals surface area contributed by atoms with E-state index in [1.54, 1.807) is 0 Å². The maximum atomic E-state index is 10.7. The third kappa shape index (κ3) is 2.35. The van der Waals surface area contributed by atoms with Crippen LogP contribution in [0.1, 0.15) is 17.4 Å². The quantitative estimate of drug-likeness (QED) is 0.909. The van der Waals surface area contributed by atoms with Gasteiger partial charge in [0.15, 0.2) is 0 Å². The van der Waals surface area contributed by atoms with Gasteiger partial charge in [-0.1, -0.05) is 18.2 Å². The highest BCUT2D eigenvalue weighted by molar-refractivity contribution is 5.80. The van der Waals surface area contributed by atoms with Crippen molar-refractivity contribution < 1.29 is 9.52 Å². The van der Waals surface area contributed by atoms with Crippen LogP contribution in [0.2, 0.25) is 0 Å². The first-order chi connectivity index (χ1) is 9.56. The molecule has 2 atom stereocenters. The first-order valence-electron chi connectivity index (χ1n) is 7.12. The lowest BCUT2D eigenvalue weighted by Crippen LogP contribution is -2.52. The van der Waals surface area contributed by atoms with Crippen LogP contribution < -0.4 is 0 Å². The molecular weight excluding hydrogens is 252 g/mol. The second kappa shape index (κ2) is 5.20. The Balaban J connectivity index is 1.91. The van der Waals surface area contributed by atoms with E-state index in [9.17, 15) is 5.11 Å². The van der Waals surface area contributed by atoms with E-state index in [0.29, 0.717) is 5.76 Å². The lowest BCUT2D eigenvalue weighted by molar-refractivity contribution is 0.00407. The Morgan fingerprint density at radius 1 is 1.30 bits per heavy atom. The summed E-state index contributed by atoms with van der Waals surface area (Å²) < 4.78 is 5.90. The van der Waals surface area contributed by atoms with Gasteiger partial charge in [0.1, 0.15) is 17.4 Å². The molecule has 0 saturated carbocycles. The van der Waals surface area contributed by atoms with Crippen LogP contribution in [0.4, 0.5) is 0 Å². The van der Waals surface area contributed by atoms with Gasteiger partial charge >= 0.3 is 0 Å². The van der Waals surface area contributed by atoms with Gasteiger partial charge in [-0.05, 0) is 32.6 Å². The maximum absolute atomic E-state index is 10.7. The Kier molecular flexibility index (Phi) is 3.54. The van der Waals surface area contributed by atoms with Crippen LogP contribution in [0, 0.1) is 6.92 Å². The molecule has 0 amide bonds. The van der Waals surface area contributed by atoms with E-state index >= 15 is 0 Å². The fraction of sp³-hybridized carbons (Fsp3) is 0.500. The first kappa shape index (κ1) is 13.6. The third-order valence-electron chi connectivity index (χ3n) is 4.32.